The Kier molecular flexibility index (Phi) is 6.66. The summed E-state index contributed by atoms with van der Waals surface area (Å²) >= 11 is 0. The van der Waals surface area contributed by atoms with E-state index in [0.717, 1.165) is 18.4 Å². The third-order valence-electron chi connectivity index (χ3n) is 3.57. The van der Waals surface area contributed by atoms with E-state index in [4.69, 9.17) is 5.73 Å². The highest BCUT2D eigenvalue weighted by Crippen LogP contribution is 2.20. The normalized spacial score (nSPS) is 13.3. The molecule has 0 saturated carbocycles. The first-order chi connectivity index (χ1) is 9.61. The largest absolute Gasteiger partial charge is 0.348 e. The van der Waals surface area contributed by atoms with Gasteiger partial charge in [0.05, 0.1) is 12.1 Å². The van der Waals surface area contributed by atoms with Gasteiger partial charge in [-0.15, -0.1) is 12.4 Å². The van der Waals surface area contributed by atoms with Gasteiger partial charge in [0.15, 0.2) is 0 Å². The molecule has 3 nitrogen and oxygen atoms in total. The van der Waals surface area contributed by atoms with Crippen molar-refractivity contribution < 1.29 is 4.79 Å². The van der Waals surface area contributed by atoms with E-state index in [9.17, 15) is 4.79 Å². The molecular weight excluding hydrogens is 284 g/mol. The highest BCUT2D eigenvalue weighted by atomic mass is 35.5. The fourth-order valence-electron chi connectivity index (χ4n) is 2.32. The fraction of sp³-hybridized carbons (Fsp3) is 0.353. The van der Waals surface area contributed by atoms with E-state index in [-0.39, 0.29) is 24.4 Å². The Balaban J connectivity index is 0.00000220. The van der Waals surface area contributed by atoms with Crippen molar-refractivity contribution in [1.82, 2.24) is 5.32 Å². The molecule has 0 spiro atoms. The SMILES string of the molecule is CCCC(N)C(=O)NC(C)c1ccc2ccccc2c1.Cl. The molecule has 0 aromatic heterocycles. The van der Waals surface area contributed by atoms with Crippen LogP contribution in [0.4, 0.5) is 0 Å². The second kappa shape index (κ2) is 8.01. The summed E-state index contributed by atoms with van der Waals surface area (Å²) in [7, 11) is 0. The molecule has 114 valence electrons. The van der Waals surface area contributed by atoms with Crippen LogP contribution in [-0.4, -0.2) is 11.9 Å². The molecule has 0 heterocycles. The number of halogens is 1. The Hall–Kier alpha value is -1.58. The molecule has 0 radical (unpaired) electrons. The lowest BCUT2D eigenvalue weighted by molar-refractivity contribution is -0.123. The van der Waals surface area contributed by atoms with Crippen molar-refractivity contribution in [1.29, 1.82) is 0 Å². The smallest absolute Gasteiger partial charge is 0.237 e. The number of rotatable bonds is 5. The maximum absolute atomic E-state index is 11.9. The molecular formula is C17H23ClN2O. The Morgan fingerprint density at radius 1 is 1.19 bits per heavy atom. The predicted molar refractivity (Wildman–Crippen MR) is 90.6 cm³/mol. The number of carbonyl (C=O) groups excluding carboxylic acids is 1. The Labute approximate surface area is 132 Å². The lowest BCUT2D eigenvalue weighted by Gasteiger charge is -2.18. The van der Waals surface area contributed by atoms with E-state index < -0.39 is 6.04 Å². The van der Waals surface area contributed by atoms with E-state index in [0.29, 0.717) is 0 Å². The monoisotopic (exact) mass is 306 g/mol. The van der Waals surface area contributed by atoms with Crippen LogP contribution in [-0.2, 0) is 4.79 Å². The van der Waals surface area contributed by atoms with E-state index in [1.807, 2.05) is 26.0 Å². The second-order valence-corrected chi connectivity index (χ2v) is 5.23. The Morgan fingerprint density at radius 3 is 2.52 bits per heavy atom. The minimum Gasteiger partial charge on any atom is -0.348 e. The lowest BCUT2D eigenvalue weighted by atomic mass is 10.0. The van der Waals surface area contributed by atoms with Gasteiger partial charge < -0.3 is 11.1 Å². The van der Waals surface area contributed by atoms with Crippen LogP contribution in [0.2, 0.25) is 0 Å². The van der Waals surface area contributed by atoms with Gasteiger partial charge >= 0.3 is 0 Å². The first-order valence-electron chi connectivity index (χ1n) is 7.16. The van der Waals surface area contributed by atoms with Gasteiger partial charge in [0, 0.05) is 0 Å². The fourth-order valence-corrected chi connectivity index (χ4v) is 2.32. The first-order valence-corrected chi connectivity index (χ1v) is 7.16. The number of fused-ring (bicyclic) bond motifs is 1. The van der Waals surface area contributed by atoms with Crippen molar-refractivity contribution >= 4 is 29.1 Å². The van der Waals surface area contributed by atoms with E-state index >= 15 is 0 Å². The maximum Gasteiger partial charge on any atom is 0.237 e. The van der Waals surface area contributed by atoms with Crippen LogP contribution < -0.4 is 11.1 Å². The summed E-state index contributed by atoms with van der Waals surface area (Å²) in [5.74, 6) is -0.0764. The van der Waals surface area contributed by atoms with Crippen LogP contribution in [0.15, 0.2) is 42.5 Å². The van der Waals surface area contributed by atoms with Crippen LogP contribution >= 0.6 is 12.4 Å². The van der Waals surface area contributed by atoms with Gasteiger partial charge in [-0.1, -0.05) is 49.7 Å². The highest BCUT2D eigenvalue weighted by Gasteiger charge is 2.15. The van der Waals surface area contributed by atoms with Crippen molar-refractivity contribution in [3.63, 3.8) is 0 Å². The van der Waals surface area contributed by atoms with Crippen molar-refractivity contribution in [3.05, 3.63) is 48.0 Å². The zero-order valence-electron chi connectivity index (χ0n) is 12.5. The molecule has 0 aliphatic carbocycles. The van der Waals surface area contributed by atoms with Crippen LogP contribution in [0.3, 0.4) is 0 Å². The number of amides is 1. The molecule has 0 saturated heterocycles. The van der Waals surface area contributed by atoms with Crippen molar-refractivity contribution in [2.75, 3.05) is 0 Å². The topological polar surface area (TPSA) is 55.1 Å². The number of hydrogen-bond acceptors (Lipinski definition) is 2. The Bertz CT molecular complexity index is 600. The molecule has 21 heavy (non-hydrogen) atoms. The number of nitrogens with two attached hydrogens (primary N) is 1. The van der Waals surface area contributed by atoms with Gasteiger partial charge in [-0.2, -0.15) is 0 Å². The summed E-state index contributed by atoms with van der Waals surface area (Å²) in [6.45, 7) is 4.01. The first kappa shape index (κ1) is 17.5. The number of nitrogens with one attached hydrogen (secondary N) is 1. The quantitative estimate of drug-likeness (QED) is 0.887. The summed E-state index contributed by atoms with van der Waals surface area (Å²) in [5, 5.41) is 5.37. The highest BCUT2D eigenvalue weighted by molar-refractivity contribution is 5.85. The second-order valence-electron chi connectivity index (χ2n) is 5.23. The average molecular weight is 307 g/mol. The summed E-state index contributed by atoms with van der Waals surface area (Å²) in [5.41, 5.74) is 6.93. The van der Waals surface area contributed by atoms with Gasteiger partial charge in [-0.25, -0.2) is 0 Å². The number of carbonyl (C=O) groups is 1. The third-order valence-corrected chi connectivity index (χ3v) is 3.57. The number of benzene rings is 2. The zero-order valence-corrected chi connectivity index (χ0v) is 13.3. The van der Waals surface area contributed by atoms with E-state index in [1.54, 1.807) is 0 Å². The van der Waals surface area contributed by atoms with E-state index in [2.05, 4.69) is 35.6 Å². The summed E-state index contributed by atoms with van der Waals surface area (Å²) in [6.07, 6.45) is 1.63. The molecule has 2 aromatic rings. The summed E-state index contributed by atoms with van der Waals surface area (Å²) in [6, 6.07) is 14.0. The van der Waals surface area contributed by atoms with Crippen molar-refractivity contribution in [3.8, 4) is 0 Å². The molecule has 0 bridgehead atoms. The summed E-state index contributed by atoms with van der Waals surface area (Å²) < 4.78 is 0. The molecule has 4 heteroatoms. The average Bonchev–Trinajstić information content (AvgIpc) is 2.46. The van der Waals surface area contributed by atoms with Crippen LogP contribution in [0.1, 0.15) is 38.3 Å². The molecule has 0 aliphatic rings. The van der Waals surface area contributed by atoms with Crippen LogP contribution in [0.25, 0.3) is 10.8 Å². The molecule has 2 rings (SSSR count). The molecule has 0 aliphatic heterocycles. The molecule has 2 unspecified atom stereocenters. The minimum absolute atomic E-state index is 0. The van der Waals surface area contributed by atoms with Crippen LogP contribution in [0, 0.1) is 0 Å². The molecule has 3 N–H and O–H groups in total. The molecule has 0 fully saturated rings. The molecule has 2 aromatic carbocycles. The number of hydrogen-bond donors (Lipinski definition) is 2. The molecule has 1 amide bonds. The lowest BCUT2D eigenvalue weighted by Crippen LogP contribution is -2.41. The van der Waals surface area contributed by atoms with Gasteiger partial charge in [0.1, 0.15) is 0 Å². The van der Waals surface area contributed by atoms with Gasteiger partial charge in [-0.05, 0) is 35.7 Å². The van der Waals surface area contributed by atoms with Gasteiger partial charge in [-0.3, -0.25) is 4.79 Å². The van der Waals surface area contributed by atoms with Crippen molar-refractivity contribution in [2.45, 2.75) is 38.8 Å². The Morgan fingerprint density at radius 2 is 1.86 bits per heavy atom. The van der Waals surface area contributed by atoms with E-state index in [1.165, 1.54) is 10.8 Å². The molecule has 2 atom stereocenters. The minimum atomic E-state index is -0.414. The predicted octanol–water partition coefficient (Wildman–Crippen LogP) is 3.57. The maximum atomic E-state index is 11.9. The van der Waals surface area contributed by atoms with Crippen LogP contribution in [0.5, 0.6) is 0 Å². The third kappa shape index (κ3) is 4.45. The van der Waals surface area contributed by atoms with Gasteiger partial charge in [0.2, 0.25) is 5.91 Å². The van der Waals surface area contributed by atoms with Crippen molar-refractivity contribution in [2.24, 2.45) is 5.73 Å². The standard InChI is InChI=1S/C17H22N2O.ClH/c1-3-6-16(18)17(20)19-12(2)14-10-9-13-7-4-5-8-15(13)11-14;/h4-5,7-12,16H,3,6,18H2,1-2H3,(H,19,20);1H. The zero-order chi connectivity index (χ0) is 14.5. The summed E-state index contributed by atoms with van der Waals surface area (Å²) in [4.78, 5) is 11.9. The van der Waals surface area contributed by atoms with Gasteiger partial charge in [0.25, 0.3) is 0 Å².